The van der Waals surface area contributed by atoms with E-state index < -0.39 is 21.3 Å². The van der Waals surface area contributed by atoms with Crippen LogP contribution in [0, 0.1) is 5.92 Å². The summed E-state index contributed by atoms with van der Waals surface area (Å²) in [5.74, 6) is -2.83. The van der Waals surface area contributed by atoms with Gasteiger partial charge in [-0.25, -0.2) is 8.42 Å². The second kappa shape index (κ2) is 7.13. The highest BCUT2D eigenvalue weighted by Gasteiger charge is 2.47. The number of nitrogens with two attached hydrogens (primary N) is 1. The quantitative estimate of drug-likeness (QED) is 0.786. The largest absolute Gasteiger partial charge is 0.350 e. The molecule has 1 rings (SSSR count). The van der Waals surface area contributed by atoms with Crippen LogP contribution in [-0.2, 0) is 10.0 Å². The molecule has 20 heavy (non-hydrogen) atoms. The van der Waals surface area contributed by atoms with Crippen molar-refractivity contribution in [3.05, 3.63) is 0 Å². The molecule has 2 N–H and O–H groups in total. The summed E-state index contributed by atoms with van der Waals surface area (Å²) in [5, 5.41) is 0. The Morgan fingerprint density at radius 1 is 1.30 bits per heavy atom. The molecule has 0 unspecified atom stereocenters. The lowest BCUT2D eigenvalue weighted by Gasteiger charge is -2.46. The van der Waals surface area contributed by atoms with Crippen molar-refractivity contribution in [2.75, 3.05) is 13.1 Å². The number of nitrogens with zero attached hydrogens (tertiary/aromatic N) is 1. The van der Waals surface area contributed by atoms with Gasteiger partial charge in [0.25, 0.3) is 10.0 Å². The van der Waals surface area contributed by atoms with Gasteiger partial charge in [0.05, 0.1) is 0 Å². The van der Waals surface area contributed by atoms with E-state index >= 15 is 0 Å². The van der Waals surface area contributed by atoms with E-state index in [1.165, 1.54) is 0 Å². The van der Waals surface area contributed by atoms with E-state index in [4.69, 9.17) is 5.73 Å². The lowest BCUT2D eigenvalue weighted by Crippen LogP contribution is -2.59. The van der Waals surface area contributed by atoms with E-state index in [2.05, 4.69) is 6.92 Å². The molecule has 0 bridgehead atoms. The van der Waals surface area contributed by atoms with E-state index in [-0.39, 0.29) is 13.1 Å². The van der Waals surface area contributed by atoms with Crippen LogP contribution in [0.1, 0.15) is 52.4 Å². The average Bonchev–Trinajstić information content (AvgIpc) is 2.44. The summed E-state index contributed by atoms with van der Waals surface area (Å²) < 4.78 is 50.7. The predicted molar refractivity (Wildman–Crippen MR) is 76.0 cm³/mol. The Kier molecular flexibility index (Phi) is 6.34. The summed E-state index contributed by atoms with van der Waals surface area (Å²) in [6.45, 7) is 4.10. The van der Waals surface area contributed by atoms with Gasteiger partial charge in [-0.3, -0.25) is 0 Å². The van der Waals surface area contributed by atoms with E-state index in [1.807, 2.05) is 0 Å². The van der Waals surface area contributed by atoms with E-state index in [0.717, 1.165) is 23.6 Å². The fourth-order valence-electron chi connectivity index (χ4n) is 3.11. The number of hydrogen-bond acceptors (Lipinski definition) is 3. The summed E-state index contributed by atoms with van der Waals surface area (Å²) in [4.78, 5) is 0. The smallest absolute Gasteiger partial charge is 0.329 e. The first-order chi connectivity index (χ1) is 9.34. The molecule has 1 aliphatic carbocycles. The average molecular weight is 312 g/mol. The molecule has 120 valence electrons. The van der Waals surface area contributed by atoms with E-state index in [1.54, 1.807) is 6.92 Å². The molecule has 0 radical (unpaired) electrons. The van der Waals surface area contributed by atoms with Crippen LogP contribution in [0.2, 0.25) is 0 Å². The zero-order chi connectivity index (χ0) is 15.4. The molecule has 1 fully saturated rings. The van der Waals surface area contributed by atoms with Gasteiger partial charge in [-0.05, 0) is 38.0 Å². The molecule has 7 heteroatoms. The maximum Gasteiger partial charge on any atom is 0.350 e. The van der Waals surface area contributed by atoms with Crippen molar-refractivity contribution >= 4 is 10.0 Å². The van der Waals surface area contributed by atoms with Crippen LogP contribution in [0.4, 0.5) is 8.78 Å². The third-order valence-electron chi connectivity index (χ3n) is 4.48. The SMILES string of the molecule is CCCN(C1(CN)CCC(CC)CC1)S(=O)(=O)C(F)F. The van der Waals surface area contributed by atoms with Crippen molar-refractivity contribution in [1.82, 2.24) is 4.31 Å². The number of alkyl halides is 2. The second-order valence-electron chi connectivity index (χ2n) is 5.66. The third-order valence-corrected chi connectivity index (χ3v) is 6.12. The highest BCUT2D eigenvalue weighted by Crippen LogP contribution is 2.39. The summed E-state index contributed by atoms with van der Waals surface area (Å²) in [5.41, 5.74) is 4.98. The predicted octanol–water partition coefficient (Wildman–Crippen LogP) is 2.55. The van der Waals surface area contributed by atoms with Crippen molar-refractivity contribution < 1.29 is 17.2 Å². The molecule has 0 heterocycles. The third kappa shape index (κ3) is 3.49. The van der Waals surface area contributed by atoms with Gasteiger partial charge in [-0.15, -0.1) is 0 Å². The minimum atomic E-state index is -4.58. The number of rotatable bonds is 7. The lowest BCUT2D eigenvalue weighted by atomic mass is 9.75. The molecule has 0 saturated heterocycles. The van der Waals surface area contributed by atoms with Gasteiger partial charge >= 0.3 is 5.76 Å². The molecule has 0 aromatic heterocycles. The Balaban J connectivity index is 3.05. The Bertz CT molecular complexity index is 393. The van der Waals surface area contributed by atoms with Crippen molar-refractivity contribution in [2.24, 2.45) is 11.7 Å². The molecular weight excluding hydrogens is 286 g/mol. The molecular formula is C13H26F2N2O2S. The zero-order valence-electron chi connectivity index (χ0n) is 12.3. The van der Waals surface area contributed by atoms with Crippen LogP contribution in [0.25, 0.3) is 0 Å². The minimum Gasteiger partial charge on any atom is -0.329 e. The standard InChI is InChI=1S/C13H26F2N2O2S/c1-3-9-17(20(18,19)12(14)15)13(10-16)7-5-11(4-2)6-8-13/h11-12H,3-10,16H2,1-2H3. The first-order valence-corrected chi connectivity index (χ1v) is 8.84. The molecule has 0 aromatic carbocycles. The maximum absolute atomic E-state index is 12.9. The van der Waals surface area contributed by atoms with Crippen LogP contribution >= 0.6 is 0 Å². The first kappa shape index (κ1) is 17.8. The van der Waals surface area contributed by atoms with Gasteiger partial charge < -0.3 is 5.73 Å². The fraction of sp³-hybridized carbons (Fsp3) is 1.00. The van der Waals surface area contributed by atoms with E-state index in [0.29, 0.717) is 25.2 Å². The molecule has 0 aliphatic heterocycles. The Morgan fingerprint density at radius 2 is 1.85 bits per heavy atom. The molecule has 0 aromatic rings. The molecule has 0 spiro atoms. The van der Waals surface area contributed by atoms with Gasteiger partial charge in [-0.1, -0.05) is 20.3 Å². The van der Waals surface area contributed by atoms with Crippen molar-refractivity contribution in [3.63, 3.8) is 0 Å². The highest BCUT2D eigenvalue weighted by atomic mass is 32.2. The van der Waals surface area contributed by atoms with Gasteiger partial charge in [0.1, 0.15) is 0 Å². The summed E-state index contributed by atoms with van der Waals surface area (Å²) >= 11 is 0. The summed E-state index contributed by atoms with van der Waals surface area (Å²) in [7, 11) is -4.58. The van der Waals surface area contributed by atoms with Crippen LogP contribution in [0.3, 0.4) is 0 Å². The minimum absolute atomic E-state index is 0.107. The fourth-order valence-corrected chi connectivity index (χ4v) is 4.54. The van der Waals surface area contributed by atoms with E-state index in [9.17, 15) is 17.2 Å². The van der Waals surface area contributed by atoms with Crippen molar-refractivity contribution in [1.29, 1.82) is 0 Å². The van der Waals surface area contributed by atoms with Gasteiger partial charge in [0, 0.05) is 18.6 Å². The number of sulfonamides is 1. The Morgan fingerprint density at radius 3 is 2.20 bits per heavy atom. The van der Waals surface area contributed by atoms with Gasteiger partial charge in [0.2, 0.25) is 0 Å². The first-order valence-electron chi connectivity index (χ1n) is 7.34. The Labute approximate surface area is 120 Å². The zero-order valence-corrected chi connectivity index (χ0v) is 13.1. The van der Waals surface area contributed by atoms with Crippen molar-refractivity contribution in [3.8, 4) is 0 Å². The monoisotopic (exact) mass is 312 g/mol. The molecule has 1 aliphatic rings. The second-order valence-corrected chi connectivity index (χ2v) is 7.48. The summed E-state index contributed by atoms with van der Waals surface area (Å²) in [6, 6.07) is 0. The molecule has 4 nitrogen and oxygen atoms in total. The molecule has 0 amide bonds. The maximum atomic E-state index is 12.9. The van der Waals surface area contributed by atoms with Gasteiger partial charge in [-0.2, -0.15) is 13.1 Å². The summed E-state index contributed by atoms with van der Waals surface area (Å²) in [6.07, 6.45) is 4.40. The lowest BCUT2D eigenvalue weighted by molar-refractivity contribution is 0.0994. The van der Waals surface area contributed by atoms with Crippen LogP contribution in [0.5, 0.6) is 0 Å². The normalized spacial score (nSPS) is 28.2. The van der Waals surface area contributed by atoms with Crippen LogP contribution in [0.15, 0.2) is 0 Å². The van der Waals surface area contributed by atoms with Crippen LogP contribution in [-0.4, -0.2) is 37.1 Å². The number of hydrogen-bond donors (Lipinski definition) is 1. The number of halogens is 2. The van der Waals surface area contributed by atoms with Gasteiger partial charge in [0.15, 0.2) is 0 Å². The van der Waals surface area contributed by atoms with Crippen LogP contribution < -0.4 is 5.73 Å². The molecule has 1 saturated carbocycles. The Hall–Kier alpha value is -0.270. The van der Waals surface area contributed by atoms with Crippen molar-refractivity contribution in [2.45, 2.75) is 63.7 Å². The molecule has 0 atom stereocenters. The topological polar surface area (TPSA) is 63.4 Å². The highest BCUT2D eigenvalue weighted by molar-refractivity contribution is 7.89.